The summed E-state index contributed by atoms with van der Waals surface area (Å²) < 4.78 is 28.9. The van der Waals surface area contributed by atoms with Crippen LogP contribution in [0.4, 0.5) is 5.69 Å². The second-order valence-corrected chi connectivity index (χ2v) is 10.7. The third kappa shape index (κ3) is 5.60. The number of hydrogen-bond acceptors (Lipinski definition) is 7. The average Bonchev–Trinajstić information content (AvgIpc) is 3.23. The lowest BCUT2D eigenvalue weighted by molar-refractivity contribution is -0.115. The SMILES string of the molecule is CCN(CC)S(=O)(=O)c1cc(NC(=O)C(C)Sc2nnnn2-c2cccc(C)c2)ccc1C. The van der Waals surface area contributed by atoms with E-state index in [1.54, 1.807) is 44.5 Å². The van der Waals surface area contributed by atoms with Crippen LogP contribution in [0.3, 0.4) is 0 Å². The number of nitrogens with zero attached hydrogens (tertiary/aromatic N) is 5. The zero-order valence-corrected chi connectivity index (χ0v) is 20.9. The molecule has 0 saturated heterocycles. The largest absolute Gasteiger partial charge is 0.325 e. The number of amides is 1. The van der Waals surface area contributed by atoms with E-state index < -0.39 is 15.3 Å². The summed E-state index contributed by atoms with van der Waals surface area (Å²) in [7, 11) is -3.64. The van der Waals surface area contributed by atoms with Crippen LogP contribution in [-0.2, 0) is 14.8 Å². The number of sulfonamides is 1. The van der Waals surface area contributed by atoms with Crippen LogP contribution in [0.5, 0.6) is 0 Å². The minimum absolute atomic E-state index is 0.188. The molecule has 33 heavy (non-hydrogen) atoms. The van der Waals surface area contributed by atoms with Gasteiger partial charge in [0.15, 0.2) is 0 Å². The summed E-state index contributed by atoms with van der Waals surface area (Å²) in [4.78, 5) is 13.1. The molecule has 3 aromatic rings. The Kier molecular flexibility index (Phi) is 7.88. The van der Waals surface area contributed by atoms with Crippen molar-refractivity contribution in [2.45, 2.75) is 49.9 Å². The van der Waals surface area contributed by atoms with Crippen LogP contribution < -0.4 is 5.32 Å². The smallest absolute Gasteiger partial charge is 0.243 e. The number of thioether (sulfide) groups is 1. The number of tetrazole rings is 1. The van der Waals surface area contributed by atoms with E-state index in [-0.39, 0.29) is 10.8 Å². The number of aromatic nitrogens is 4. The molecular weight excluding hydrogens is 460 g/mol. The third-order valence-electron chi connectivity index (χ3n) is 5.12. The summed E-state index contributed by atoms with van der Waals surface area (Å²) in [5.41, 5.74) is 2.92. The maximum Gasteiger partial charge on any atom is 0.243 e. The first kappa shape index (κ1) is 24.9. The van der Waals surface area contributed by atoms with Gasteiger partial charge in [0.25, 0.3) is 0 Å². The maximum absolute atomic E-state index is 13.0. The van der Waals surface area contributed by atoms with E-state index in [2.05, 4.69) is 20.8 Å². The highest BCUT2D eigenvalue weighted by Crippen LogP contribution is 2.26. The molecule has 1 aromatic heterocycles. The summed E-state index contributed by atoms with van der Waals surface area (Å²) in [6.45, 7) is 9.81. The van der Waals surface area contributed by atoms with Gasteiger partial charge >= 0.3 is 0 Å². The fourth-order valence-corrected chi connectivity index (χ4v) is 5.80. The monoisotopic (exact) mass is 488 g/mol. The first-order valence-corrected chi connectivity index (χ1v) is 12.9. The Balaban J connectivity index is 1.77. The Morgan fingerprint density at radius 2 is 1.88 bits per heavy atom. The molecule has 0 bridgehead atoms. The second kappa shape index (κ2) is 10.4. The van der Waals surface area contributed by atoms with Gasteiger partial charge in [0, 0.05) is 18.8 Å². The molecule has 2 aromatic carbocycles. The number of nitrogens with one attached hydrogen (secondary N) is 1. The van der Waals surface area contributed by atoms with Crippen molar-refractivity contribution in [2.75, 3.05) is 18.4 Å². The standard InChI is InChI=1S/C22H28N6O3S2/c1-6-27(7-2)33(30,31)20-14-18(12-11-16(20)4)23-21(29)17(5)32-22-24-25-26-28(22)19-10-8-9-15(3)13-19/h8-14,17H,6-7H2,1-5H3,(H,23,29). The van der Waals surface area contributed by atoms with E-state index in [0.717, 1.165) is 11.3 Å². The second-order valence-electron chi connectivity index (χ2n) is 7.53. The Hall–Kier alpha value is -2.76. The Labute approximate surface area is 198 Å². The summed E-state index contributed by atoms with van der Waals surface area (Å²) in [6.07, 6.45) is 0. The molecule has 0 radical (unpaired) electrons. The van der Waals surface area contributed by atoms with Crippen LogP contribution in [0.1, 0.15) is 31.9 Å². The summed E-state index contributed by atoms with van der Waals surface area (Å²) in [6, 6.07) is 12.6. The van der Waals surface area contributed by atoms with E-state index >= 15 is 0 Å². The summed E-state index contributed by atoms with van der Waals surface area (Å²) >= 11 is 1.22. The molecule has 0 aliphatic carbocycles. The number of rotatable bonds is 9. The van der Waals surface area contributed by atoms with Gasteiger partial charge in [-0.05, 0) is 66.6 Å². The number of carbonyl (C=O) groups excluding carboxylic acids is 1. The van der Waals surface area contributed by atoms with Gasteiger partial charge in [0.1, 0.15) is 0 Å². The molecule has 0 aliphatic rings. The number of hydrogen-bond donors (Lipinski definition) is 1. The van der Waals surface area contributed by atoms with Crippen molar-refractivity contribution in [3.05, 3.63) is 53.6 Å². The topological polar surface area (TPSA) is 110 Å². The van der Waals surface area contributed by atoms with Gasteiger partial charge in [-0.2, -0.15) is 8.99 Å². The van der Waals surface area contributed by atoms with Crippen molar-refractivity contribution in [1.29, 1.82) is 0 Å². The van der Waals surface area contributed by atoms with Crippen LogP contribution in [0.25, 0.3) is 5.69 Å². The van der Waals surface area contributed by atoms with Crippen molar-refractivity contribution in [2.24, 2.45) is 0 Å². The zero-order valence-electron chi connectivity index (χ0n) is 19.3. The Bertz CT molecular complexity index is 1240. The molecule has 9 nitrogen and oxygen atoms in total. The first-order valence-electron chi connectivity index (χ1n) is 10.6. The molecule has 0 fully saturated rings. The molecule has 11 heteroatoms. The van der Waals surface area contributed by atoms with Crippen molar-refractivity contribution in [1.82, 2.24) is 24.5 Å². The van der Waals surface area contributed by atoms with Gasteiger partial charge in [-0.25, -0.2) is 8.42 Å². The summed E-state index contributed by atoms with van der Waals surface area (Å²) in [5, 5.41) is 14.6. The average molecular weight is 489 g/mol. The fourth-order valence-electron chi connectivity index (χ4n) is 3.29. The molecule has 1 atom stereocenters. The van der Waals surface area contributed by atoms with Crippen LogP contribution in [0.2, 0.25) is 0 Å². The highest BCUT2D eigenvalue weighted by atomic mass is 32.2. The van der Waals surface area contributed by atoms with E-state index in [1.165, 1.54) is 22.1 Å². The van der Waals surface area contributed by atoms with E-state index in [1.807, 2.05) is 31.2 Å². The lowest BCUT2D eigenvalue weighted by Crippen LogP contribution is -2.31. The van der Waals surface area contributed by atoms with Gasteiger partial charge in [-0.1, -0.05) is 43.8 Å². The van der Waals surface area contributed by atoms with Crippen LogP contribution in [0.15, 0.2) is 52.5 Å². The molecule has 0 spiro atoms. The minimum Gasteiger partial charge on any atom is -0.325 e. The van der Waals surface area contributed by atoms with Crippen molar-refractivity contribution in [3.63, 3.8) is 0 Å². The first-order chi connectivity index (χ1) is 15.7. The van der Waals surface area contributed by atoms with Crippen LogP contribution in [0, 0.1) is 13.8 Å². The lowest BCUT2D eigenvalue weighted by Gasteiger charge is -2.20. The predicted molar refractivity (Wildman–Crippen MR) is 129 cm³/mol. The van der Waals surface area contributed by atoms with E-state index in [9.17, 15) is 13.2 Å². The summed E-state index contributed by atoms with van der Waals surface area (Å²) in [5.74, 6) is -0.283. The van der Waals surface area contributed by atoms with Crippen LogP contribution in [-0.4, -0.2) is 57.2 Å². The van der Waals surface area contributed by atoms with Gasteiger partial charge in [-0.15, -0.1) is 5.10 Å². The minimum atomic E-state index is -3.64. The van der Waals surface area contributed by atoms with Crippen molar-refractivity contribution >= 4 is 33.4 Å². The molecule has 0 saturated carbocycles. The highest BCUT2D eigenvalue weighted by Gasteiger charge is 2.25. The maximum atomic E-state index is 13.0. The molecule has 0 aliphatic heterocycles. The molecular formula is C22H28N6O3S2. The van der Waals surface area contributed by atoms with Crippen molar-refractivity contribution < 1.29 is 13.2 Å². The van der Waals surface area contributed by atoms with Gasteiger partial charge in [0.2, 0.25) is 21.1 Å². The normalized spacial score (nSPS) is 12.7. The van der Waals surface area contributed by atoms with Gasteiger partial charge < -0.3 is 5.32 Å². The number of aryl methyl sites for hydroxylation is 2. The molecule has 176 valence electrons. The molecule has 1 N–H and O–H groups in total. The van der Waals surface area contributed by atoms with Crippen molar-refractivity contribution in [3.8, 4) is 5.69 Å². The fraction of sp³-hybridized carbons (Fsp3) is 0.364. The number of anilines is 1. The number of carbonyl (C=O) groups is 1. The Morgan fingerprint density at radius 1 is 1.15 bits per heavy atom. The predicted octanol–water partition coefficient (Wildman–Crippen LogP) is 3.43. The third-order valence-corrected chi connectivity index (χ3v) is 8.34. The molecule has 1 heterocycles. The molecule has 1 amide bonds. The van der Waals surface area contributed by atoms with Gasteiger partial charge in [-0.3, -0.25) is 4.79 Å². The van der Waals surface area contributed by atoms with E-state index in [4.69, 9.17) is 0 Å². The van der Waals surface area contributed by atoms with Gasteiger partial charge in [0.05, 0.1) is 15.8 Å². The Morgan fingerprint density at radius 3 is 2.55 bits per heavy atom. The van der Waals surface area contributed by atoms with E-state index in [0.29, 0.717) is 29.5 Å². The molecule has 3 rings (SSSR count). The highest BCUT2D eigenvalue weighted by molar-refractivity contribution is 8.00. The lowest BCUT2D eigenvalue weighted by atomic mass is 10.2. The number of benzene rings is 2. The quantitative estimate of drug-likeness (QED) is 0.460. The zero-order chi connectivity index (χ0) is 24.2. The molecule has 1 unspecified atom stereocenters. The van der Waals surface area contributed by atoms with Crippen LogP contribution >= 0.6 is 11.8 Å².